The Labute approximate surface area is 167 Å². The normalized spacial score (nSPS) is 26.3. The van der Waals surface area contributed by atoms with Crippen LogP contribution in [0.1, 0.15) is 32.4 Å². The number of hydrogen-bond donors (Lipinski definition) is 0. The van der Waals surface area contributed by atoms with E-state index in [0.29, 0.717) is 5.56 Å². The van der Waals surface area contributed by atoms with Gasteiger partial charge in [-0.15, -0.1) is 0 Å². The average Bonchev–Trinajstić information content (AvgIpc) is 2.78. The van der Waals surface area contributed by atoms with Gasteiger partial charge in [-0.3, -0.25) is 4.79 Å². The minimum absolute atomic E-state index is 0.0757. The fraction of sp³-hybridized carbons (Fsp3) is 0.533. The van der Waals surface area contributed by atoms with Crippen molar-refractivity contribution in [1.29, 1.82) is 0 Å². The second-order valence-corrected chi connectivity index (χ2v) is 10.3. The van der Waals surface area contributed by atoms with Crippen LogP contribution in [0.3, 0.4) is 0 Å². The highest BCUT2D eigenvalue weighted by molar-refractivity contribution is 8.10. The Bertz CT molecular complexity index is 789. The van der Waals surface area contributed by atoms with E-state index in [1.807, 2.05) is 6.07 Å². The van der Waals surface area contributed by atoms with Gasteiger partial charge in [0, 0.05) is 34.0 Å². The largest absolute Gasteiger partial charge is 0.340 e. The molecule has 1 aliphatic heterocycles. The van der Waals surface area contributed by atoms with E-state index in [1.165, 1.54) is 0 Å². The molecule has 2 rings (SSSR count). The summed E-state index contributed by atoms with van der Waals surface area (Å²) in [5.41, 5.74) is 0.717. The van der Waals surface area contributed by atoms with Gasteiger partial charge in [0.2, 0.25) is 5.02 Å². The van der Waals surface area contributed by atoms with Crippen molar-refractivity contribution in [1.82, 2.24) is 4.31 Å². The van der Waals surface area contributed by atoms with Crippen LogP contribution in [-0.2, 0) is 47.9 Å². The molecule has 6 nitrogen and oxygen atoms in total. The smallest absolute Gasteiger partial charge is 0.324 e. The zero-order chi connectivity index (χ0) is 19.6. The summed E-state index contributed by atoms with van der Waals surface area (Å²) < 4.78 is 38.6. The molecule has 0 saturated carbocycles. The third-order valence-corrected chi connectivity index (χ3v) is 10.7. The molecule has 0 aromatic heterocycles. The minimum atomic E-state index is -4.40. The lowest BCUT2D eigenvalue weighted by atomic mass is 10.1. The van der Waals surface area contributed by atoms with E-state index < -0.39 is 32.0 Å². The van der Waals surface area contributed by atoms with E-state index in [-0.39, 0.29) is 27.9 Å². The SMILES string of the molecule is CCOC1(OCC)C(=O)S(=O)(=O)N(C(C)c2ccccc2)C1(P=S)P=S. The first-order valence-corrected chi connectivity index (χ1v) is 13.2. The van der Waals surface area contributed by atoms with Crippen molar-refractivity contribution in [2.24, 2.45) is 0 Å². The van der Waals surface area contributed by atoms with Crippen LogP contribution in [-0.4, -0.2) is 41.9 Å². The molecule has 11 heteroatoms. The molecule has 1 heterocycles. The Hall–Kier alpha value is -0.240. The summed E-state index contributed by atoms with van der Waals surface area (Å²) in [4.78, 5) is 13.0. The van der Waals surface area contributed by atoms with Gasteiger partial charge < -0.3 is 9.47 Å². The Morgan fingerprint density at radius 1 is 1.12 bits per heavy atom. The third-order valence-electron chi connectivity index (χ3n) is 4.09. The van der Waals surface area contributed by atoms with Crippen LogP contribution in [0.25, 0.3) is 0 Å². The van der Waals surface area contributed by atoms with E-state index >= 15 is 0 Å². The van der Waals surface area contributed by atoms with Gasteiger partial charge >= 0.3 is 5.12 Å². The van der Waals surface area contributed by atoms with Gasteiger partial charge in [-0.25, -0.2) is 8.42 Å². The summed E-state index contributed by atoms with van der Waals surface area (Å²) in [7, 11) is -4.09. The lowest BCUT2D eigenvalue weighted by molar-refractivity contribution is -0.228. The fourth-order valence-electron chi connectivity index (χ4n) is 3.03. The number of ether oxygens (including phenoxy) is 2. The molecule has 0 spiro atoms. The molecule has 142 valence electrons. The minimum Gasteiger partial charge on any atom is -0.340 e. The standard InChI is InChI=1S/C15H19NO5P2S3/c1-4-20-14(21-5-2)13(17)26(18,19)16(15(14,22-24)23-25)11(3)12-9-7-6-8-10-12/h6-11H,4-5H2,1-3H3. The molecule has 0 bridgehead atoms. The van der Waals surface area contributed by atoms with Gasteiger partial charge in [-0.2, -0.15) is 4.31 Å². The highest BCUT2D eigenvalue weighted by Crippen LogP contribution is 2.59. The maximum atomic E-state index is 13.1. The maximum absolute atomic E-state index is 13.1. The molecule has 0 aliphatic carbocycles. The summed E-state index contributed by atoms with van der Waals surface area (Å²) in [6.07, 6.45) is 0. The van der Waals surface area contributed by atoms with Gasteiger partial charge in [0.05, 0.1) is 0 Å². The van der Waals surface area contributed by atoms with E-state index in [2.05, 4.69) is 0 Å². The Morgan fingerprint density at radius 3 is 2.04 bits per heavy atom. The van der Waals surface area contributed by atoms with E-state index in [9.17, 15) is 13.2 Å². The van der Waals surface area contributed by atoms with Crippen LogP contribution >= 0.6 is 14.7 Å². The first-order valence-electron chi connectivity index (χ1n) is 7.89. The molecule has 1 aliphatic rings. The van der Waals surface area contributed by atoms with Crippen molar-refractivity contribution in [2.75, 3.05) is 13.2 Å². The number of hydrogen-bond acceptors (Lipinski definition) is 7. The predicted molar refractivity (Wildman–Crippen MR) is 108 cm³/mol. The zero-order valence-corrected chi connectivity index (χ0v) is 18.7. The Balaban J connectivity index is 2.79. The number of carbonyl (C=O) groups is 1. The molecule has 1 atom stereocenters. The number of nitrogens with zero attached hydrogens (tertiary/aromatic N) is 1. The lowest BCUT2D eigenvalue weighted by Crippen LogP contribution is -2.56. The molecule has 26 heavy (non-hydrogen) atoms. The second kappa shape index (κ2) is 8.41. The molecule has 0 N–H and O–H groups in total. The molecule has 1 aromatic rings. The van der Waals surface area contributed by atoms with Gasteiger partial charge in [-0.05, 0) is 26.3 Å². The average molecular weight is 451 g/mol. The summed E-state index contributed by atoms with van der Waals surface area (Å²) in [5.74, 6) is -2.05. The lowest BCUT2D eigenvalue weighted by Gasteiger charge is -2.40. The molecule has 1 fully saturated rings. The van der Waals surface area contributed by atoms with E-state index in [1.54, 1.807) is 45.0 Å². The summed E-state index contributed by atoms with van der Waals surface area (Å²) in [5, 5.41) is -2.68. The van der Waals surface area contributed by atoms with Crippen molar-refractivity contribution in [2.45, 2.75) is 37.6 Å². The number of rotatable bonds is 8. The van der Waals surface area contributed by atoms with Gasteiger partial charge in [-0.1, -0.05) is 53.9 Å². The van der Waals surface area contributed by atoms with Crippen LogP contribution in [0.15, 0.2) is 30.3 Å². The predicted octanol–water partition coefficient (Wildman–Crippen LogP) is 3.16. The monoisotopic (exact) mass is 451 g/mol. The molecular weight excluding hydrogens is 432 g/mol. The van der Waals surface area contributed by atoms with Crippen LogP contribution in [0.2, 0.25) is 0 Å². The Kier molecular flexibility index (Phi) is 7.14. The Morgan fingerprint density at radius 2 is 1.62 bits per heavy atom. The van der Waals surface area contributed by atoms with Crippen molar-refractivity contribution in [3.63, 3.8) is 0 Å². The maximum Gasteiger partial charge on any atom is 0.324 e. The fourth-order valence-corrected chi connectivity index (χ4v) is 9.95. The van der Waals surface area contributed by atoms with Gasteiger partial charge in [0.1, 0.15) is 0 Å². The first kappa shape index (κ1) is 22.1. The molecule has 1 saturated heterocycles. The first-order chi connectivity index (χ1) is 12.3. The number of benzene rings is 1. The number of sulfonamides is 1. The van der Waals surface area contributed by atoms with Crippen molar-refractivity contribution < 1.29 is 22.7 Å². The zero-order valence-electron chi connectivity index (χ0n) is 14.5. The summed E-state index contributed by atoms with van der Waals surface area (Å²) >= 11 is 10.6. The van der Waals surface area contributed by atoms with Crippen LogP contribution in [0.5, 0.6) is 0 Å². The summed E-state index contributed by atoms with van der Waals surface area (Å²) in [6.45, 7) is 5.17. The van der Waals surface area contributed by atoms with Gasteiger partial charge in [0.15, 0.2) is 0 Å². The van der Waals surface area contributed by atoms with Crippen LogP contribution in [0, 0.1) is 0 Å². The van der Waals surface area contributed by atoms with Crippen LogP contribution < -0.4 is 0 Å². The second-order valence-electron chi connectivity index (χ2n) is 5.48. The number of carbonyl (C=O) groups excluding carboxylic acids is 1. The van der Waals surface area contributed by atoms with Crippen molar-refractivity contribution in [3.8, 4) is 0 Å². The quantitative estimate of drug-likeness (QED) is 0.444. The van der Waals surface area contributed by atoms with Crippen LogP contribution in [0.4, 0.5) is 0 Å². The van der Waals surface area contributed by atoms with Gasteiger partial charge in [0.25, 0.3) is 15.8 Å². The highest BCUT2D eigenvalue weighted by atomic mass is 32.4. The summed E-state index contributed by atoms with van der Waals surface area (Å²) in [6, 6.07) is 8.34. The van der Waals surface area contributed by atoms with Crippen molar-refractivity contribution in [3.05, 3.63) is 35.9 Å². The molecule has 1 unspecified atom stereocenters. The molecule has 0 radical (unpaired) electrons. The highest BCUT2D eigenvalue weighted by Gasteiger charge is 2.75. The topological polar surface area (TPSA) is 72.9 Å². The molecule has 0 amide bonds. The van der Waals surface area contributed by atoms with Crippen molar-refractivity contribution >= 4 is 53.5 Å². The third kappa shape index (κ3) is 3.12. The van der Waals surface area contributed by atoms with E-state index in [0.717, 1.165) is 4.31 Å². The van der Waals surface area contributed by atoms with E-state index in [4.69, 9.17) is 33.1 Å². The molecular formula is C15H19NO5P2S3. The molecule has 1 aromatic carbocycles.